The van der Waals surface area contributed by atoms with Crippen LogP contribution in [0.1, 0.15) is 12.8 Å². The molecule has 2 unspecified atom stereocenters. The van der Waals surface area contributed by atoms with Gasteiger partial charge in [0.25, 0.3) is 0 Å². The van der Waals surface area contributed by atoms with E-state index in [0.29, 0.717) is 13.2 Å². The topological polar surface area (TPSA) is 44.5 Å². The maximum absolute atomic E-state index is 5.93. The Balaban J connectivity index is 1.69. The largest absolute Gasteiger partial charge is 0.490 e. The zero-order valence-electron chi connectivity index (χ0n) is 10.9. The quantitative estimate of drug-likeness (QED) is 0.916. The van der Waals surface area contributed by atoms with E-state index in [0.717, 1.165) is 24.0 Å². The molecule has 0 aromatic heterocycles. The van der Waals surface area contributed by atoms with Crippen molar-refractivity contribution in [3.63, 3.8) is 0 Å². The van der Waals surface area contributed by atoms with Crippen LogP contribution in [0.25, 0.3) is 10.8 Å². The minimum absolute atomic E-state index is 0.174. The highest BCUT2D eigenvalue weighted by Crippen LogP contribution is 2.26. The Hall–Kier alpha value is -1.58. The monoisotopic (exact) mass is 257 g/mol. The van der Waals surface area contributed by atoms with Crippen molar-refractivity contribution in [2.45, 2.75) is 25.0 Å². The third kappa shape index (κ3) is 2.72. The van der Waals surface area contributed by atoms with Crippen molar-refractivity contribution in [1.29, 1.82) is 0 Å². The maximum atomic E-state index is 5.93. The normalized spacial score (nSPS) is 22.8. The van der Waals surface area contributed by atoms with Crippen LogP contribution in [0.15, 0.2) is 42.5 Å². The summed E-state index contributed by atoms with van der Waals surface area (Å²) in [7, 11) is 0. The van der Waals surface area contributed by atoms with Crippen molar-refractivity contribution in [1.82, 2.24) is 0 Å². The van der Waals surface area contributed by atoms with Gasteiger partial charge in [-0.15, -0.1) is 0 Å². The minimum Gasteiger partial charge on any atom is -0.490 e. The van der Waals surface area contributed by atoms with Crippen LogP contribution in [0.2, 0.25) is 0 Å². The van der Waals surface area contributed by atoms with Crippen LogP contribution in [0, 0.1) is 0 Å². The molecule has 0 amide bonds. The highest BCUT2D eigenvalue weighted by Gasteiger charge is 2.24. The lowest BCUT2D eigenvalue weighted by Crippen LogP contribution is -2.23. The number of rotatable bonds is 4. The van der Waals surface area contributed by atoms with Crippen LogP contribution < -0.4 is 10.5 Å². The molecule has 0 bridgehead atoms. The van der Waals surface area contributed by atoms with Gasteiger partial charge in [0.1, 0.15) is 12.4 Å². The lowest BCUT2D eigenvalue weighted by Gasteiger charge is -2.14. The summed E-state index contributed by atoms with van der Waals surface area (Å²) in [6.45, 7) is 1.20. The Morgan fingerprint density at radius 1 is 1.05 bits per heavy atom. The summed E-state index contributed by atoms with van der Waals surface area (Å²) in [6, 6.07) is 14.4. The van der Waals surface area contributed by atoms with Gasteiger partial charge in [-0.05, 0) is 24.3 Å². The standard InChI is InChI=1S/C16H19NO2/c17-10-13-8-9-14(19-13)11-18-16-7-3-5-12-4-1-2-6-15(12)16/h1-7,13-14H,8-11,17H2. The predicted molar refractivity (Wildman–Crippen MR) is 76.4 cm³/mol. The van der Waals surface area contributed by atoms with Crippen LogP contribution in [-0.4, -0.2) is 25.4 Å². The zero-order chi connectivity index (χ0) is 13.1. The summed E-state index contributed by atoms with van der Waals surface area (Å²) in [5, 5.41) is 2.35. The Labute approximate surface area is 113 Å². The average molecular weight is 257 g/mol. The third-order valence-corrected chi connectivity index (χ3v) is 3.63. The van der Waals surface area contributed by atoms with Crippen LogP contribution >= 0.6 is 0 Å². The summed E-state index contributed by atoms with van der Waals surface area (Å²) in [4.78, 5) is 0. The molecule has 2 atom stereocenters. The van der Waals surface area contributed by atoms with Crippen LogP contribution in [0.5, 0.6) is 5.75 Å². The fraction of sp³-hybridized carbons (Fsp3) is 0.375. The number of hydrogen-bond acceptors (Lipinski definition) is 3. The highest BCUT2D eigenvalue weighted by atomic mass is 16.5. The molecule has 0 saturated carbocycles. The Morgan fingerprint density at radius 3 is 2.68 bits per heavy atom. The van der Waals surface area contributed by atoms with E-state index in [4.69, 9.17) is 15.2 Å². The van der Waals surface area contributed by atoms with Crippen molar-refractivity contribution in [2.75, 3.05) is 13.2 Å². The first-order valence-corrected chi connectivity index (χ1v) is 6.83. The van der Waals surface area contributed by atoms with E-state index in [1.54, 1.807) is 0 Å². The highest BCUT2D eigenvalue weighted by molar-refractivity contribution is 5.88. The zero-order valence-corrected chi connectivity index (χ0v) is 10.9. The van der Waals surface area contributed by atoms with Gasteiger partial charge in [0.05, 0.1) is 12.2 Å². The number of fused-ring (bicyclic) bond motifs is 1. The second-order valence-electron chi connectivity index (χ2n) is 4.98. The van der Waals surface area contributed by atoms with E-state index in [-0.39, 0.29) is 12.2 Å². The van der Waals surface area contributed by atoms with Crippen molar-refractivity contribution < 1.29 is 9.47 Å². The van der Waals surface area contributed by atoms with Crippen molar-refractivity contribution >= 4 is 10.8 Å². The van der Waals surface area contributed by atoms with Gasteiger partial charge in [0.15, 0.2) is 0 Å². The Kier molecular flexibility index (Phi) is 3.67. The lowest BCUT2D eigenvalue weighted by molar-refractivity contribution is 0.0225. The summed E-state index contributed by atoms with van der Waals surface area (Å²) >= 11 is 0. The molecule has 3 nitrogen and oxygen atoms in total. The molecule has 2 aromatic rings. The summed E-state index contributed by atoms with van der Waals surface area (Å²) in [6.07, 6.45) is 2.46. The second kappa shape index (κ2) is 5.59. The van der Waals surface area contributed by atoms with Crippen molar-refractivity contribution in [3.8, 4) is 5.75 Å². The molecule has 3 rings (SSSR count). The van der Waals surface area contributed by atoms with Gasteiger partial charge in [0, 0.05) is 11.9 Å². The van der Waals surface area contributed by atoms with Crippen LogP contribution in [0.4, 0.5) is 0 Å². The number of hydrogen-bond donors (Lipinski definition) is 1. The smallest absolute Gasteiger partial charge is 0.127 e. The molecule has 100 valence electrons. The van der Waals surface area contributed by atoms with Gasteiger partial charge >= 0.3 is 0 Å². The molecule has 1 fully saturated rings. The van der Waals surface area contributed by atoms with Crippen molar-refractivity contribution in [2.24, 2.45) is 5.73 Å². The lowest BCUT2D eigenvalue weighted by atomic mass is 10.1. The Morgan fingerprint density at radius 2 is 1.84 bits per heavy atom. The van der Waals surface area contributed by atoms with Gasteiger partial charge in [0.2, 0.25) is 0 Å². The molecule has 2 N–H and O–H groups in total. The summed E-state index contributed by atoms with van der Waals surface area (Å²) in [5.41, 5.74) is 5.61. The van der Waals surface area contributed by atoms with Gasteiger partial charge in [-0.2, -0.15) is 0 Å². The van der Waals surface area contributed by atoms with E-state index in [1.807, 2.05) is 24.3 Å². The third-order valence-electron chi connectivity index (χ3n) is 3.63. The predicted octanol–water partition coefficient (Wildman–Crippen LogP) is 2.72. The average Bonchev–Trinajstić information content (AvgIpc) is 2.93. The first-order chi connectivity index (χ1) is 9.36. The van der Waals surface area contributed by atoms with Gasteiger partial charge in [-0.1, -0.05) is 36.4 Å². The second-order valence-corrected chi connectivity index (χ2v) is 4.98. The maximum Gasteiger partial charge on any atom is 0.127 e. The first kappa shape index (κ1) is 12.5. The molecular weight excluding hydrogens is 238 g/mol. The van der Waals surface area contributed by atoms with E-state index in [2.05, 4.69) is 18.2 Å². The van der Waals surface area contributed by atoms with E-state index in [1.165, 1.54) is 5.39 Å². The fourth-order valence-electron chi connectivity index (χ4n) is 2.58. The molecule has 3 heteroatoms. The van der Waals surface area contributed by atoms with Gasteiger partial charge in [-0.3, -0.25) is 0 Å². The summed E-state index contributed by atoms with van der Waals surface area (Å²) in [5.74, 6) is 0.929. The van der Waals surface area contributed by atoms with Crippen LogP contribution in [0.3, 0.4) is 0 Å². The molecule has 19 heavy (non-hydrogen) atoms. The van der Waals surface area contributed by atoms with Gasteiger partial charge in [-0.25, -0.2) is 0 Å². The van der Waals surface area contributed by atoms with Crippen LogP contribution in [-0.2, 0) is 4.74 Å². The number of ether oxygens (including phenoxy) is 2. The molecule has 1 heterocycles. The molecular formula is C16H19NO2. The van der Waals surface area contributed by atoms with E-state index in [9.17, 15) is 0 Å². The number of nitrogens with two attached hydrogens (primary N) is 1. The van der Waals surface area contributed by atoms with Gasteiger partial charge < -0.3 is 15.2 Å². The van der Waals surface area contributed by atoms with E-state index >= 15 is 0 Å². The summed E-state index contributed by atoms with van der Waals surface area (Å²) < 4.78 is 11.7. The molecule has 1 saturated heterocycles. The first-order valence-electron chi connectivity index (χ1n) is 6.83. The SMILES string of the molecule is NCC1CCC(COc2cccc3ccccc23)O1. The number of benzene rings is 2. The molecule has 1 aliphatic rings. The Bertz CT molecular complexity index is 550. The fourth-order valence-corrected chi connectivity index (χ4v) is 2.58. The minimum atomic E-state index is 0.174. The van der Waals surface area contributed by atoms with E-state index < -0.39 is 0 Å². The van der Waals surface area contributed by atoms with Crippen molar-refractivity contribution in [3.05, 3.63) is 42.5 Å². The molecule has 0 radical (unpaired) electrons. The molecule has 0 aliphatic carbocycles. The molecule has 1 aliphatic heterocycles. The molecule has 0 spiro atoms. The molecule has 2 aromatic carbocycles.